The van der Waals surface area contributed by atoms with Crippen molar-refractivity contribution in [3.8, 4) is 17.6 Å². The molecule has 2 aromatic carbocycles. The second kappa shape index (κ2) is 10.5. The van der Waals surface area contributed by atoms with Gasteiger partial charge in [0.05, 0.1) is 37.3 Å². The van der Waals surface area contributed by atoms with Crippen molar-refractivity contribution in [3.05, 3.63) is 48.5 Å². The molecule has 0 spiro atoms. The van der Waals surface area contributed by atoms with Crippen molar-refractivity contribution >= 4 is 23.2 Å². The van der Waals surface area contributed by atoms with Crippen LogP contribution >= 0.6 is 0 Å². The minimum atomic E-state index is -0.493. The smallest absolute Gasteiger partial charge is 0.232 e. The van der Waals surface area contributed by atoms with Crippen LogP contribution in [0.15, 0.2) is 48.5 Å². The van der Waals surface area contributed by atoms with E-state index in [2.05, 4.69) is 6.07 Å². The molecule has 1 atom stereocenters. The number of amides is 2. The molecule has 2 aromatic rings. The monoisotopic (exact) mass is 421 g/mol. The van der Waals surface area contributed by atoms with Crippen LogP contribution < -0.4 is 19.3 Å². The van der Waals surface area contributed by atoms with Crippen molar-refractivity contribution in [1.29, 1.82) is 5.26 Å². The Balaban J connectivity index is 1.81. The van der Waals surface area contributed by atoms with E-state index < -0.39 is 5.92 Å². The molecule has 162 valence electrons. The van der Waals surface area contributed by atoms with Gasteiger partial charge in [-0.3, -0.25) is 9.59 Å². The van der Waals surface area contributed by atoms with E-state index >= 15 is 0 Å². The van der Waals surface area contributed by atoms with Crippen LogP contribution in [0.3, 0.4) is 0 Å². The summed E-state index contributed by atoms with van der Waals surface area (Å²) in [5.74, 6) is 0.571. The zero-order valence-electron chi connectivity index (χ0n) is 17.9. The Labute approximate surface area is 182 Å². The van der Waals surface area contributed by atoms with Crippen LogP contribution in [-0.2, 0) is 9.59 Å². The molecule has 0 aromatic heterocycles. The van der Waals surface area contributed by atoms with Crippen molar-refractivity contribution in [2.75, 3.05) is 36.1 Å². The maximum Gasteiger partial charge on any atom is 0.232 e. The van der Waals surface area contributed by atoms with Gasteiger partial charge < -0.3 is 19.3 Å². The van der Waals surface area contributed by atoms with Crippen LogP contribution in [0.2, 0.25) is 0 Å². The number of hydrogen-bond acceptors (Lipinski definition) is 5. The Morgan fingerprint density at radius 1 is 1.13 bits per heavy atom. The molecule has 31 heavy (non-hydrogen) atoms. The van der Waals surface area contributed by atoms with Gasteiger partial charge in [0.15, 0.2) is 0 Å². The summed E-state index contributed by atoms with van der Waals surface area (Å²) >= 11 is 0. The summed E-state index contributed by atoms with van der Waals surface area (Å²) in [5, 5.41) is 9.05. The van der Waals surface area contributed by atoms with Gasteiger partial charge in [-0.25, -0.2) is 0 Å². The average molecular weight is 421 g/mol. The van der Waals surface area contributed by atoms with Crippen LogP contribution in [0, 0.1) is 17.2 Å². The van der Waals surface area contributed by atoms with Gasteiger partial charge in [0, 0.05) is 25.2 Å². The Kier molecular flexibility index (Phi) is 7.50. The third-order valence-corrected chi connectivity index (χ3v) is 5.10. The molecule has 0 N–H and O–H groups in total. The molecule has 1 saturated heterocycles. The van der Waals surface area contributed by atoms with Crippen molar-refractivity contribution in [1.82, 2.24) is 0 Å². The lowest BCUT2D eigenvalue weighted by Gasteiger charge is -2.25. The highest BCUT2D eigenvalue weighted by Gasteiger charge is 2.38. The van der Waals surface area contributed by atoms with Crippen molar-refractivity contribution in [3.63, 3.8) is 0 Å². The molecule has 1 fully saturated rings. The average Bonchev–Trinajstić information content (AvgIpc) is 3.17. The standard InChI is InChI=1S/C24H27N3O4/c1-3-30-20-12-10-19(11-13-20)26(15-7-14-25)24(29)18-16-23(28)27(17-18)21-8-5-6-9-22(21)31-4-2/h5-6,8-13,18H,3-4,7,15-17H2,1-2H3. The Bertz CT molecular complexity index is 952. The molecule has 1 unspecified atom stereocenters. The normalized spacial score (nSPS) is 15.5. The lowest BCUT2D eigenvalue weighted by Crippen LogP contribution is -2.38. The number of nitriles is 1. The van der Waals surface area contributed by atoms with Gasteiger partial charge in [-0.15, -0.1) is 0 Å². The summed E-state index contributed by atoms with van der Waals surface area (Å²) in [6.07, 6.45) is 0.329. The number of hydrogen-bond donors (Lipinski definition) is 0. The Morgan fingerprint density at radius 3 is 2.52 bits per heavy atom. The van der Waals surface area contributed by atoms with Gasteiger partial charge in [-0.2, -0.15) is 5.26 Å². The molecule has 7 nitrogen and oxygen atoms in total. The molecule has 1 aliphatic heterocycles. The lowest BCUT2D eigenvalue weighted by molar-refractivity contribution is -0.124. The molecule has 0 aliphatic carbocycles. The van der Waals surface area contributed by atoms with Crippen LogP contribution in [0.5, 0.6) is 11.5 Å². The van der Waals surface area contributed by atoms with Crippen molar-refractivity contribution < 1.29 is 19.1 Å². The maximum absolute atomic E-state index is 13.4. The van der Waals surface area contributed by atoms with E-state index in [0.29, 0.717) is 36.1 Å². The third-order valence-electron chi connectivity index (χ3n) is 5.10. The van der Waals surface area contributed by atoms with Gasteiger partial charge in [-0.05, 0) is 50.2 Å². The third kappa shape index (κ3) is 5.15. The predicted molar refractivity (Wildman–Crippen MR) is 118 cm³/mol. The second-order valence-electron chi connectivity index (χ2n) is 7.13. The molecule has 2 amide bonds. The summed E-state index contributed by atoms with van der Waals surface area (Å²) in [7, 11) is 0. The molecule has 7 heteroatoms. The summed E-state index contributed by atoms with van der Waals surface area (Å²) < 4.78 is 11.1. The molecule has 0 radical (unpaired) electrons. The molecule has 0 bridgehead atoms. The molecular formula is C24H27N3O4. The largest absolute Gasteiger partial charge is 0.494 e. The second-order valence-corrected chi connectivity index (χ2v) is 7.13. The topological polar surface area (TPSA) is 82.9 Å². The lowest BCUT2D eigenvalue weighted by atomic mass is 10.1. The minimum Gasteiger partial charge on any atom is -0.494 e. The number of carbonyl (C=O) groups is 2. The van der Waals surface area contributed by atoms with Gasteiger partial charge >= 0.3 is 0 Å². The van der Waals surface area contributed by atoms with E-state index in [4.69, 9.17) is 14.7 Å². The quantitative estimate of drug-likeness (QED) is 0.615. The zero-order valence-corrected chi connectivity index (χ0v) is 17.9. The first-order chi connectivity index (χ1) is 15.1. The van der Waals surface area contributed by atoms with Crippen molar-refractivity contribution in [2.24, 2.45) is 5.92 Å². The minimum absolute atomic E-state index is 0.113. The first kappa shape index (κ1) is 22.2. The number of anilines is 2. The fourth-order valence-electron chi connectivity index (χ4n) is 3.70. The first-order valence-electron chi connectivity index (χ1n) is 10.5. The number of ether oxygens (including phenoxy) is 2. The van der Waals surface area contributed by atoms with Crippen LogP contribution in [0.1, 0.15) is 26.7 Å². The van der Waals surface area contributed by atoms with Gasteiger partial charge in [-0.1, -0.05) is 12.1 Å². The summed E-state index contributed by atoms with van der Waals surface area (Å²) in [6.45, 7) is 5.38. The molecule has 1 aliphatic rings. The number of benzene rings is 2. The summed E-state index contributed by atoms with van der Waals surface area (Å²) in [4.78, 5) is 29.3. The highest BCUT2D eigenvalue weighted by atomic mass is 16.5. The van der Waals surface area contributed by atoms with Gasteiger partial charge in [0.1, 0.15) is 11.5 Å². The Morgan fingerprint density at radius 2 is 1.84 bits per heavy atom. The van der Waals surface area contributed by atoms with Crippen LogP contribution in [-0.4, -0.2) is 38.1 Å². The highest BCUT2D eigenvalue weighted by molar-refractivity contribution is 6.05. The zero-order chi connectivity index (χ0) is 22.2. The SMILES string of the molecule is CCOc1ccc(N(CCC#N)C(=O)C2CC(=O)N(c3ccccc3OCC)C2)cc1. The van der Waals surface area contributed by atoms with Crippen LogP contribution in [0.4, 0.5) is 11.4 Å². The number of carbonyl (C=O) groups excluding carboxylic acids is 2. The van der Waals surface area contributed by atoms with E-state index in [9.17, 15) is 9.59 Å². The molecular weight excluding hydrogens is 394 g/mol. The first-order valence-corrected chi connectivity index (χ1v) is 10.5. The predicted octanol–water partition coefficient (Wildman–Crippen LogP) is 3.78. The molecule has 0 saturated carbocycles. The van der Waals surface area contributed by atoms with E-state index in [1.54, 1.807) is 34.1 Å². The fraction of sp³-hybridized carbons (Fsp3) is 0.375. The van der Waals surface area contributed by atoms with Crippen LogP contribution in [0.25, 0.3) is 0 Å². The van der Waals surface area contributed by atoms with E-state index in [0.717, 1.165) is 0 Å². The fourth-order valence-corrected chi connectivity index (χ4v) is 3.70. The van der Waals surface area contributed by atoms with E-state index in [1.165, 1.54) is 0 Å². The number of para-hydroxylation sites is 2. The van der Waals surface area contributed by atoms with Gasteiger partial charge in [0.2, 0.25) is 11.8 Å². The Hall–Kier alpha value is -3.53. The number of rotatable bonds is 9. The van der Waals surface area contributed by atoms with Crippen molar-refractivity contribution in [2.45, 2.75) is 26.7 Å². The molecule has 3 rings (SSSR count). The van der Waals surface area contributed by atoms with E-state index in [1.807, 2.05) is 38.1 Å². The van der Waals surface area contributed by atoms with E-state index in [-0.39, 0.29) is 37.7 Å². The summed E-state index contributed by atoms with van der Waals surface area (Å²) in [5.41, 5.74) is 1.36. The maximum atomic E-state index is 13.4. The highest BCUT2D eigenvalue weighted by Crippen LogP contribution is 2.34. The number of nitrogens with zero attached hydrogens (tertiary/aromatic N) is 3. The van der Waals surface area contributed by atoms with Gasteiger partial charge in [0.25, 0.3) is 0 Å². The summed E-state index contributed by atoms with van der Waals surface area (Å²) in [6, 6.07) is 16.7. The molecule has 1 heterocycles.